The van der Waals surface area contributed by atoms with Gasteiger partial charge in [0, 0.05) is 18.3 Å². The fourth-order valence-electron chi connectivity index (χ4n) is 3.73. The molecule has 1 aromatic carbocycles. The van der Waals surface area contributed by atoms with Crippen molar-refractivity contribution in [2.45, 2.75) is 50.7 Å². The third-order valence-electron chi connectivity index (χ3n) is 5.19. The van der Waals surface area contributed by atoms with E-state index in [0.29, 0.717) is 54.5 Å². The van der Waals surface area contributed by atoms with Gasteiger partial charge in [-0.25, -0.2) is 8.78 Å². The van der Waals surface area contributed by atoms with Gasteiger partial charge >= 0.3 is 0 Å². The first-order valence-corrected chi connectivity index (χ1v) is 9.80. The molecule has 6 nitrogen and oxygen atoms in total. The lowest BCUT2D eigenvalue weighted by Crippen LogP contribution is -2.40. The molecule has 0 spiro atoms. The topological polar surface area (TPSA) is 102 Å². The molecule has 1 aromatic heterocycles. The molecule has 1 heterocycles. The molecule has 10 heteroatoms. The van der Waals surface area contributed by atoms with Gasteiger partial charge in [0.05, 0.1) is 18.3 Å². The monoisotopic (exact) mass is 445 g/mol. The number of nitrogens with two attached hydrogens (primary N) is 2. The Balaban J connectivity index is 0.00000300. The van der Waals surface area contributed by atoms with Crippen molar-refractivity contribution in [2.24, 2.45) is 11.5 Å². The van der Waals surface area contributed by atoms with Gasteiger partial charge in [-0.2, -0.15) is 0 Å². The summed E-state index contributed by atoms with van der Waals surface area (Å²) in [6, 6.07) is 1.67. The minimum atomic E-state index is -0.605. The molecule has 1 amide bonds. The van der Waals surface area contributed by atoms with Crippen molar-refractivity contribution >= 4 is 30.5 Å². The molecule has 0 bridgehead atoms. The molecule has 0 fully saturated rings. The second-order valence-corrected chi connectivity index (χ2v) is 7.52. The zero-order valence-corrected chi connectivity index (χ0v) is 17.6. The van der Waals surface area contributed by atoms with Gasteiger partial charge in [0.15, 0.2) is 4.77 Å². The van der Waals surface area contributed by atoms with Crippen LogP contribution in [0.1, 0.15) is 42.1 Å². The van der Waals surface area contributed by atoms with Crippen LogP contribution in [-0.4, -0.2) is 28.0 Å². The van der Waals surface area contributed by atoms with E-state index in [2.05, 4.69) is 10.3 Å². The molecular weight excluding hydrogens is 420 g/mol. The van der Waals surface area contributed by atoms with Crippen LogP contribution in [0.2, 0.25) is 0 Å². The zero-order chi connectivity index (χ0) is 20.3. The molecule has 0 radical (unpaired) electrons. The van der Waals surface area contributed by atoms with Crippen LogP contribution in [0, 0.1) is 16.4 Å². The highest BCUT2D eigenvalue weighted by Gasteiger charge is 2.25. The van der Waals surface area contributed by atoms with Crippen LogP contribution in [0.25, 0.3) is 0 Å². The summed E-state index contributed by atoms with van der Waals surface area (Å²) in [4.78, 5) is 15.1. The maximum atomic E-state index is 14.0. The molecular formula is C19H26ClF2N5OS. The number of aromatic amines is 1. The number of amides is 1. The van der Waals surface area contributed by atoms with Crippen LogP contribution in [0.3, 0.4) is 0 Å². The van der Waals surface area contributed by atoms with Crippen molar-refractivity contribution in [2.75, 3.05) is 6.54 Å². The number of hydrogen-bond donors (Lipinski definition) is 4. The Labute approximate surface area is 179 Å². The number of H-pyrrole nitrogens is 1. The first kappa shape index (κ1) is 23.5. The van der Waals surface area contributed by atoms with Crippen LogP contribution in [0.15, 0.2) is 18.3 Å². The quantitative estimate of drug-likeness (QED) is 0.492. The number of carbonyl (C=O) groups is 1. The van der Waals surface area contributed by atoms with Gasteiger partial charge in [0.2, 0.25) is 5.91 Å². The highest BCUT2D eigenvalue weighted by Crippen LogP contribution is 2.32. The summed E-state index contributed by atoms with van der Waals surface area (Å²) in [6.45, 7) is 0.756. The van der Waals surface area contributed by atoms with E-state index in [-0.39, 0.29) is 30.9 Å². The molecule has 1 aliphatic rings. The Kier molecular flexibility index (Phi) is 8.33. The van der Waals surface area contributed by atoms with Gasteiger partial charge < -0.3 is 26.3 Å². The predicted octanol–water partition coefficient (Wildman–Crippen LogP) is 2.66. The third kappa shape index (κ3) is 5.42. The zero-order valence-electron chi connectivity index (χ0n) is 15.9. The molecule has 29 heavy (non-hydrogen) atoms. The number of benzene rings is 1. The van der Waals surface area contributed by atoms with E-state index in [4.69, 9.17) is 23.7 Å². The fraction of sp³-hybridized carbons (Fsp3) is 0.474. The van der Waals surface area contributed by atoms with E-state index in [0.717, 1.165) is 11.8 Å². The predicted molar refractivity (Wildman–Crippen MR) is 112 cm³/mol. The Morgan fingerprint density at radius 2 is 2.17 bits per heavy atom. The normalized spacial score (nSPS) is 16.6. The lowest BCUT2D eigenvalue weighted by molar-refractivity contribution is -0.122. The van der Waals surface area contributed by atoms with E-state index < -0.39 is 17.7 Å². The summed E-state index contributed by atoms with van der Waals surface area (Å²) < 4.78 is 30.0. The first-order valence-electron chi connectivity index (χ1n) is 9.39. The summed E-state index contributed by atoms with van der Waals surface area (Å²) in [5.41, 5.74) is 13.3. The maximum Gasteiger partial charge on any atom is 0.237 e. The molecule has 0 saturated heterocycles. The Morgan fingerprint density at radius 3 is 2.90 bits per heavy atom. The molecule has 1 aliphatic carbocycles. The second-order valence-electron chi connectivity index (χ2n) is 7.13. The van der Waals surface area contributed by atoms with E-state index in [1.54, 1.807) is 6.20 Å². The maximum absolute atomic E-state index is 14.0. The molecule has 2 aromatic rings. The number of nitrogens with zero attached hydrogens (tertiary/aromatic N) is 1. The van der Waals surface area contributed by atoms with Crippen molar-refractivity contribution in [3.63, 3.8) is 0 Å². The number of aromatic nitrogens is 2. The summed E-state index contributed by atoms with van der Waals surface area (Å²) >= 11 is 5.40. The van der Waals surface area contributed by atoms with Crippen molar-refractivity contribution < 1.29 is 13.6 Å². The highest BCUT2D eigenvalue weighted by atomic mass is 35.5. The first-order chi connectivity index (χ1) is 13.4. The Bertz CT molecular complexity index is 916. The van der Waals surface area contributed by atoms with Gasteiger partial charge in [0.25, 0.3) is 0 Å². The van der Waals surface area contributed by atoms with Crippen LogP contribution >= 0.6 is 24.6 Å². The molecule has 0 saturated carbocycles. The lowest BCUT2D eigenvalue weighted by atomic mass is 9.87. The number of carbonyl (C=O) groups excluding carboxylic acids is 1. The third-order valence-corrected chi connectivity index (χ3v) is 5.51. The standard InChI is InChI=1S/C19H25F2N5OS.ClH/c20-12-6-11-7-13(3-4-15(11)16(21)8-12)26-14(10-25-19(26)28)9-24-18(27)17(23)2-1-5-22;/h6,8,10,13,17H,1-5,7,9,22-23H2,(H,24,27)(H,25,28);1H/t13-,17-;/m0./s1. The van der Waals surface area contributed by atoms with E-state index in [9.17, 15) is 13.6 Å². The molecule has 160 valence electrons. The Morgan fingerprint density at radius 1 is 1.41 bits per heavy atom. The van der Waals surface area contributed by atoms with Crippen LogP contribution in [0.5, 0.6) is 0 Å². The van der Waals surface area contributed by atoms with Crippen molar-refractivity contribution in [1.29, 1.82) is 0 Å². The van der Waals surface area contributed by atoms with Gasteiger partial charge in [-0.1, -0.05) is 0 Å². The molecule has 6 N–H and O–H groups in total. The van der Waals surface area contributed by atoms with Gasteiger partial charge in [-0.15, -0.1) is 12.4 Å². The van der Waals surface area contributed by atoms with Crippen LogP contribution in [-0.2, 0) is 24.2 Å². The number of nitrogens with one attached hydrogen (secondary N) is 2. The number of rotatable bonds is 7. The number of imidazole rings is 1. The van der Waals surface area contributed by atoms with E-state index in [1.807, 2.05) is 4.57 Å². The summed E-state index contributed by atoms with van der Waals surface area (Å²) in [7, 11) is 0. The second kappa shape index (κ2) is 10.3. The average Bonchev–Trinajstić information content (AvgIpc) is 3.03. The fourth-order valence-corrected chi connectivity index (χ4v) is 4.06. The smallest absolute Gasteiger partial charge is 0.237 e. The number of halogens is 3. The SMILES string of the molecule is Cl.NCCC[C@H](N)C(=O)NCc1c[nH]c(=S)n1[C@H]1CCc2c(F)cc(F)cc2C1. The van der Waals surface area contributed by atoms with Crippen molar-refractivity contribution in [3.8, 4) is 0 Å². The minimum Gasteiger partial charge on any atom is -0.349 e. The van der Waals surface area contributed by atoms with E-state index in [1.165, 1.54) is 6.07 Å². The molecule has 3 rings (SSSR count). The van der Waals surface area contributed by atoms with Gasteiger partial charge in [-0.05, 0) is 68.1 Å². The highest BCUT2D eigenvalue weighted by molar-refractivity contribution is 7.71. The molecule has 0 aliphatic heterocycles. The molecule has 2 atom stereocenters. The number of fused-ring (bicyclic) bond motifs is 1. The Hall–Kier alpha value is -1.81. The van der Waals surface area contributed by atoms with Crippen molar-refractivity contribution in [1.82, 2.24) is 14.9 Å². The van der Waals surface area contributed by atoms with E-state index >= 15 is 0 Å². The van der Waals surface area contributed by atoms with Gasteiger partial charge in [-0.3, -0.25) is 4.79 Å². The summed E-state index contributed by atoms with van der Waals surface area (Å²) in [6.07, 6.45) is 4.62. The van der Waals surface area contributed by atoms with Crippen LogP contribution in [0.4, 0.5) is 8.78 Å². The van der Waals surface area contributed by atoms with Crippen LogP contribution < -0.4 is 16.8 Å². The average molecular weight is 446 g/mol. The van der Waals surface area contributed by atoms with Crippen molar-refractivity contribution in [3.05, 3.63) is 51.6 Å². The minimum absolute atomic E-state index is 0. The lowest BCUT2D eigenvalue weighted by Gasteiger charge is -2.27. The summed E-state index contributed by atoms with van der Waals surface area (Å²) in [5, 5.41) is 2.83. The summed E-state index contributed by atoms with van der Waals surface area (Å²) in [5.74, 6) is -1.32. The number of hydrogen-bond acceptors (Lipinski definition) is 4. The molecule has 0 unspecified atom stereocenters. The largest absolute Gasteiger partial charge is 0.349 e. The van der Waals surface area contributed by atoms with Gasteiger partial charge in [0.1, 0.15) is 11.6 Å².